The van der Waals surface area contributed by atoms with E-state index in [1.165, 1.54) is 0 Å². The third-order valence-electron chi connectivity index (χ3n) is 5.02. The van der Waals surface area contributed by atoms with Gasteiger partial charge in [-0.05, 0) is 36.8 Å². The van der Waals surface area contributed by atoms with Crippen LogP contribution in [0, 0.1) is 13.8 Å². The zero-order valence-corrected chi connectivity index (χ0v) is 18.2. The van der Waals surface area contributed by atoms with Gasteiger partial charge >= 0.3 is 0 Å². The first-order valence-electron chi connectivity index (χ1n) is 10.2. The predicted octanol–water partition coefficient (Wildman–Crippen LogP) is 3.03. The number of imidazole rings is 1. The number of fused-ring (bicyclic) bond motifs is 1. The Kier molecular flexibility index (Phi) is 5.05. The molecule has 0 fully saturated rings. The summed E-state index contributed by atoms with van der Waals surface area (Å²) in [6.45, 7) is 3.83. The van der Waals surface area contributed by atoms with Gasteiger partial charge in [0.05, 0.1) is 18.6 Å². The van der Waals surface area contributed by atoms with E-state index in [1.807, 2.05) is 42.9 Å². The number of hydrogen-bond donors (Lipinski definition) is 3. The summed E-state index contributed by atoms with van der Waals surface area (Å²) in [7, 11) is 1.91. The standard InChI is InChI=1S/C22H21N9O2/c1-12-6-15(26-22-23-5-4-16(28-22)18-10-31(3)11-25-18)7-14-8-17(27-20(12)14)21(32)24-9-19-30-29-13(2)33-19/h4-8,10-11,27H,9H2,1-3H3,(H,24,32)(H,23,26,28). The normalized spacial score (nSPS) is 11.1. The van der Waals surface area contributed by atoms with Crippen LogP contribution < -0.4 is 10.6 Å². The summed E-state index contributed by atoms with van der Waals surface area (Å²) in [6, 6.07) is 7.52. The lowest BCUT2D eigenvalue weighted by Crippen LogP contribution is -2.23. The molecule has 0 saturated heterocycles. The molecular weight excluding hydrogens is 422 g/mol. The highest BCUT2D eigenvalue weighted by Crippen LogP contribution is 2.26. The molecule has 5 rings (SSSR count). The summed E-state index contributed by atoms with van der Waals surface area (Å²) in [5, 5.41) is 14.5. The van der Waals surface area contributed by atoms with Crippen molar-refractivity contribution in [2.75, 3.05) is 5.32 Å². The number of rotatable bonds is 6. The minimum absolute atomic E-state index is 0.158. The second-order valence-electron chi connectivity index (χ2n) is 7.65. The van der Waals surface area contributed by atoms with Gasteiger partial charge in [-0.1, -0.05) is 0 Å². The van der Waals surface area contributed by atoms with Crippen molar-refractivity contribution in [3.05, 3.63) is 66.0 Å². The van der Waals surface area contributed by atoms with Crippen molar-refractivity contribution in [1.82, 2.24) is 40.0 Å². The van der Waals surface area contributed by atoms with Crippen molar-refractivity contribution >= 4 is 28.4 Å². The van der Waals surface area contributed by atoms with Gasteiger partial charge in [0, 0.05) is 43.0 Å². The second-order valence-corrected chi connectivity index (χ2v) is 7.65. The first-order chi connectivity index (χ1) is 15.9. The molecule has 0 radical (unpaired) electrons. The Hall–Kier alpha value is -4.54. The van der Waals surface area contributed by atoms with Crippen molar-refractivity contribution < 1.29 is 9.21 Å². The number of anilines is 2. The van der Waals surface area contributed by atoms with Gasteiger partial charge in [-0.2, -0.15) is 0 Å². The van der Waals surface area contributed by atoms with Crippen LogP contribution in [0.2, 0.25) is 0 Å². The van der Waals surface area contributed by atoms with E-state index in [9.17, 15) is 4.79 Å². The molecule has 4 heterocycles. The maximum absolute atomic E-state index is 12.6. The lowest BCUT2D eigenvalue weighted by atomic mass is 10.1. The minimum Gasteiger partial charge on any atom is -0.424 e. The molecule has 0 atom stereocenters. The molecule has 33 heavy (non-hydrogen) atoms. The largest absolute Gasteiger partial charge is 0.424 e. The summed E-state index contributed by atoms with van der Waals surface area (Å²) < 4.78 is 7.15. The number of H-pyrrole nitrogens is 1. The highest BCUT2D eigenvalue weighted by atomic mass is 16.4. The fourth-order valence-electron chi connectivity index (χ4n) is 3.52. The van der Waals surface area contributed by atoms with Crippen LogP contribution in [0.4, 0.5) is 11.6 Å². The van der Waals surface area contributed by atoms with Crippen molar-refractivity contribution in [1.29, 1.82) is 0 Å². The molecule has 3 N–H and O–H groups in total. The summed E-state index contributed by atoms with van der Waals surface area (Å²) >= 11 is 0. The topological polar surface area (TPSA) is 139 Å². The molecule has 5 aromatic rings. The van der Waals surface area contributed by atoms with Crippen LogP contribution in [0.3, 0.4) is 0 Å². The zero-order chi connectivity index (χ0) is 22.9. The van der Waals surface area contributed by atoms with Crippen LogP contribution in [-0.4, -0.2) is 40.6 Å². The van der Waals surface area contributed by atoms with Gasteiger partial charge in [0.1, 0.15) is 11.4 Å². The smallest absolute Gasteiger partial charge is 0.268 e. The Morgan fingerprint density at radius 1 is 1.15 bits per heavy atom. The lowest BCUT2D eigenvalue weighted by Gasteiger charge is -2.07. The number of aromatic nitrogens is 7. The van der Waals surface area contributed by atoms with Gasteiger partial charge in [-0.25, -0.2) is 15.0 Å². The van der Waals surface area contributed by atoms with Crippen molar-refractivity contribution in [3.63, 3.8) is 0 Å². The fourth-order valence-corrected chi connectivity index (χ4v) is 3.52. The molecule has 4 aromatic heterocycles. The minimum atomic E-state index is -0.262. The molecule has 0 saturated carbocycles. The van der Waals surface area contributed by atoms with Crippen molar-refractivity contribution in [2.24, 2.45) is 7.05 Å². The molecule has 11 nitrogen and oxygen atoms in total. The first kappa shape index (κ1) is 20.4. The van der Waals surface area contributed by atoms with Crippen LogP contribution in [0.15, 0.2) is 47.4 Å². The molecule has 166 valence electrons. The Labute approximate surface area is 188 Å². The molecule has 1 aromatic carbocycles. The van der Waals surface area contributed by atoms with Crippen LogP contribution in [-0.2, 0) is 13.6 Å². The Morgan fingerprint density at radius 2 is 2.03 bits per heavy atom. The van der Waals surface area contributed by atoms with E-state index in [2.05, 4.69) is 40.8 Å². The molecular formula is C22H21N9O2. The number of benzene rings is 1. The number of aromatic amines is 1. The van der Waals surface area contributed by atoms with E-state index in [4.69, 9.17) is 4.42 Å². The molecule has 0 aliphatic heterocycles. The third-order valence-corrected chi connectivity index (χ3v) is 5.02. The van der Waals surface area contributed by atoms with Gasteiger partial charge in [0.25, 0.3) is 5.91 Å². The molecule has 0 aliphatic rings. The average molecular weight is 443 g/mol. The molecule has 0 unspecified atom stereocenters. The van der Waals surface area contributed by atoms with Gasteiger partial charge < -0.3 is 24.6 Å². The summed E-state index contributed by atoms with van der Waals surface area (Å²) in [5.74, 6) is 1.00. The van der Waals surface area contributed by atoms with Crippen LogP contribution in [0.25, 0.3) is 22.3 Å². The lowest BCUT2D eigenvalue weighted by molar-refractivity contribution is 0.0943. The Balaban J connectivity index is 1.35. The Bertz CT molecular complexity index is 1460. The zero-order valence-electron chi connectivity index (χ0n) is 18.2. The monoisotopic (exact) mass is 443 g/mol. The number of amides is 1. The molecule has 1 amide bonds. The number of carbonyl (C=O) groups is 1. The van der Waals surface area contributed by atoms with Crippen LogP contribution in [0.5, 0.6) is 0 Å². The Morgan fingerprint density at radius 3 is 2.79 bits per heavy atom. The fraction of sp³-hybridized carbons (Fsp3) is 0.182. The van der Waals surface area contributed by atoms with Crippen molar-refractivity contribution in [3.8, 4) is 11.4 Å². The number of nitrogens with one attached hydrogen (secondary N) is 3. The molecule has 0 bridgehead atoms. The number of carbonyl (C=O) groups excluding carboxylic acids is 1. The SMILES string of the molecule is Cc1nnc(CNC(=O)c2cc3cc(Nc4nccc(-c5cn(C)cn5)n4)cc(C)c3[nH]2)o1. The third kappa shape index (κ3) is 4.28. The van der Waals surface area contributed by atoms with E-state index >= 15 is 0 Å². The number of hydrogen-bond acceptors (Lipinski definition) is 8. The maximum Gasteiger partial charge on any atom is 0.268 e. The highest BCUT2D eigenvalue weighted by molar-refractivity contribution is 5.99. The van der Waals surface area contributed by atoms with Crippen molar-refractivity contribution in [2.45, 2.75) is 20.4 Å². The first-order valence-corrected chi connectivity index (χ1v) is 10.2. The van der Waals surface area contributed by atoms with E-state index < -0.39 is 0 Å². The summed E-state index contributed by atoms with van der Waals surface area (Å²) in [5.41, 5.74) is 4.60. The van der Waals surface area contributed by atoms with Gasteiger partial charge in [0.2, 0.25) is 17.7 Å². The maximum atomic E-state index is 12.6. The number of aryl methyl sites for hydroxylation is 3. The quantitative estimate of drug-likeness (QED) is 0.364. The summed E-state index contributed by atoms with van der Waals surface area (Å²) in [4.78, 5) is 29.0. The van der Waals surface area contributed by atoms with E-state index in [-0.39, 0.29) is 12.5 Å². The van der Waals surface area contributed by atoms with Crippen LogP contribution in [0.1, 0.15) is 27.8 Å². The van der Waals surface area contributed by atoms with Gasteiger partial charge in [-0.3, -0.25) is 4.79 Å². The van der Waals surface area contributed by atoms with E-state index in [0.717, 1.165) is 33.5 Å². The predicted molar refractivity (Wildman–Crippen MR) is 121 cm³/mol. The molecule has 11 heteroatoms. The highest BCUT2D eigenvalue weighted by Gasteiger charge is 2.13. The van der Waals surface area contributed by atoms with Gasteiger partial charge in [-0.15, -0.1) is 10.2 Å². The van der Waals surface area contributed by atoms with Gasteiger partial charge in [0.15, 0.2) is 0 Å². The van der Waals surface area contributed by atoms with E-state index in [0.29, 0.717) is 23.4 Å². The number of nitrogens with zero attached hydrogens (tertiary/aromatic N) is 6. The molecule has 0 aliphatic carbocycles. The second kappa shape index (κ2) is 8.19. The van der Waals surface area contributed by atoms with Crippen LogP contribution >= 0.6 is 0 Å². The average Bonchev–Trinajstić information content (AvgIpc) is 3.52. The molecule has 0 spiro atoms. The summed E-state index contributed by atoms with van der Waals surface area (Å²) in [6.07, 6.45) is 5.31. The van der Waals surface area contributed by atoms with E-state index in [1.54, 1.807) is 25.5 Å².